The zero-order chi connectivity index (χ0) is 14.8. The Hall–Kier alpha value is -2.17. The molecule has 21 heavy (non-hydrogen) atoms. The molecule has 0 atom stereocenters. The standard InChI is InChI=1S/C16H19FN4/c1-3-18-14-9-15(21-16(20-14)11-5-6-11)19-12-7-4-10(2)13(17)8-12/h4,7-9,11H,3,5-6H2,1-2H3,(H2,18,19,20,21). The summed E-state index contributed by atoms with van der Waals surface area (Å²) in [6.45, 7) is 4.58. The van der Waals surface area contributed by atoms with Gasteiger partial charge >= 0.3 is 0 Å². The normalized spacial score (nSPS) is 14.0. The van der Waals surface area contributed by atoms with Crippen molar-refractivity contribution in [3.8, 4) is 0 Å². The lowest BCUT2D eigenvalue weighted by molar-refractivity contribution is 0.619. The number of rotatable bonds is 5. The Bertz CT molecular complexity index is 653. The van der Waals surface area contributed by atoms with E-state index in [4.69, 9.17) is 0 Å². The number of aromatic nitrogens is 2. The van der Waals surface area contributed by atoms with Crippen LogP contribution < -0.4 is 10.6 Å². The minimum Gasteiger partial charge on any atom is -0.370 e. The van der Waals surface area contributed by atoms with E-state index >= 15 is 0 Å². The van der Waals surface area contributed by atoms with Crippen molar-refractivity contribution in [2.75, 3.05) is 17.2 Å². The van der Waals surface area contributed by atoms with Gasteiger partial charge in [0, 0.05) is 24.2 Å². The predicted molar refractivity (Wildman–Crippen MR) is 82.6 cm³/mol. The molecule has 0 spiro atoms. The SMILES string of the molecule is CCNc1cc(Nc2ccc(C)c(F)c2)nc(C2CC2)n1. The molecule has 5 heteroatoms. The van der Waals surface area contributed by atoms with E-state index in [1.165, 1.54) is 6.07 Å². The molecule has 1 aliphatic rings. The maximum absolute atomic E-state index is 13.6. The molecule has 1 aliphatic carbocycles. The number of benzene rings is 1. The Balaban J connectivity index is 1.87. The largest absolute Gasteiger partial charge is 0.370 e. The maximum Gasteiger partial charge on any atom is 0.136 e. The molecule has 2 N–H and O–H groups in total. The van der Waals surface area contributed by atoms with Gasteiger partial charge in [0.15, 0.2) is 0 Å². The highest BCUT2D eigenvalue weighted by molar-refractivity contribution is 5.59. The number of hydrogen-bond acceptors (Lipinski definition) is 4. The molecule has 0 amide bonds. The maximum atomic E-state index is 13.6. The molecule has 1 heterocycles. The molecule has 2 aromatic rings. The smallest absolute Gasteiger partial charge is 0.136 e. The van der Waals surface area contributed by atoms with Crippen LogP contribution in [0, 0.1) is 12.7 Å². The fourth-order valence-electron chi connectivity index (χ4n) is 2.14. The van der Waals surface area contributed by atoms with E-state index < -0.39 is 0 Å². The molecule has 0 saturated heterocycles. The van der Waals surface area contributed by atoms with Gasteiger partial charge < -0.3 is 10.6 Å². The zero-order valence-corrected chi connectivity index (χ0v) is 12.3. The third-order valence-electron chi connectivity index (χ3n) is 3.49. The van der Waals surface area contributed by atoms with Gasteiger partial charge in [0.25, 0.3) is 0 Å². The lowest BCUT2D eigenvalue weighted by Crippen LogP contribution is -2.05. The van der Waals surface area contributed by atoms with Crippen LogP contribution in [0.15, 0.2) is 24.3 Å². The minimum absolute atomic E-state index is 0.219. The van der Waals surface area contributed by atoms with Gasteiger partial charge in [-0.05, 0) is 44.4 Å². The third kappa shape index (κ3) is 3.29. The average molecular weight is 286 g/mol. The molecule has 0 bridgehead atoms. The highest BCUT2D eigenvalue weighted by Gasteiger charge is 2.27. The van der Waals surface area contributed by atoms with Gasteiger partial charge in [0.05, 0.1) is 0 Å². The van der Waals surface area contributed by atoms with Crippen molar-refractivity contribution in [1.29, 1.82) is 0 Å². The Kier molecular flexibility index (Phi) is 3.73. The van der Waals surface area contributed by atoms with Gasteiger partial charge in [-0.1, -0.05) is 6.07 Å². The van der Waals surface area contributed by atoms with Gasteiger partial charge in [-0.15, -0.1) is 0 Å². The lowest BCUT2D eigenvalue weighted by atomic mass is 10.2. The fourth-order valence-corrected chi connectivity index (χ4v) is 2.14. The van der Waals surface area contributed by atoms with E-state index in [0.717, 1.165) is 31.0 Å². The summed E-state index contributed by atoms with van der Waals surface area (Å²) in [5.41, 5.74) is 1.33. The van der Waals surface area contributed by atoms with Crippen LogP contribution in [-0.2, 0) is 0 Å². The van der Waals surface area contributed by atoms with Crippen LogP contribution in [0.5, 0.6) is 0 Å². The molecule has 1 aromatic heterocycles. The first-order valence-corrected chi connectivity index (χ1v) is 7.31. The van der Waals surface area contributed by atoms with Gasteiger partial charge in [-0.2, -0.15) is 0 Å². The summed E-state index contributed by atoms with van der Waals surface area (Å²) < 4.78 is 13.6. The molecule has 4 nitrogen and oxygen atoms in total. The molecule has 1 aromatic carbocycles. The van der Waals surface area contributed by atoms with Crippen LogP contribution in [0.2, 0.25) is 0 Å². The van der Waals surface area contributed by atoms with Gasteiger partial charge in [-0.25, -0.2) is 14.4 Å². The number of nitrogens with one attached hydrogen (secondary N) is 2. The Morgan fingerprint density at radius 2 is 1.95 bits per heavy atom. The Morgan fingerprint density at radius 3 is 2.62 bits per heavy atom. The van der Waals surface area contributed by atoms with E-state index in [1.807, 2.05) is 19.1 Å². The molecule has 1 saturated carbocycles. The quantitative estimate of drug-likeness (QED) is 0.873. The van der Waals surface area contributed by atoms with E-state index in [9.17, 15) is 4.39 Å². The molecular weight excluding hydrogens is 267 g/mol. The molecule has 0 radical (unpaired) electrons. The van der Waals surface area contributed by atoms with Crippen LogP contribution >= 0.6 is 0 Å². The fraction of sp³-hybridized carbons (Fsp3) is 0.375. The summed E-state index contributed by atoms with van der Waals surface area (Å²) >= 11 is 0. The number of aryl methyl sites for hydroxylation is 1. The lowest BCUT2D eigenvalue weighted by Gasteiger charge is -2.11. The molecule has 3 rings (SSSR count). The monoisotopic (exact) mass is 286 g/mol. The minimum atomic E-state index is -0.219. The summed E-state index contributed by atoms with van der Waals surface area (Å²) in [5.74, 6) is 2.63. The molecule has 0 aliphatic heterocycles. The van der Waals surface area contributed by atoms with Crippen molar-refractivity contribution in [1.82, 2.24) is 9.97 Å². The molecule has 1 fully saturated rings. The van der Waals surface area contributed by atoms with Gasteiger partial charge in [-0.3, -0.25) is 0 Å². The van der Waals surface area contributed by atoms with Gasteiger partial charge in [0.1, 0.15) is 23.3 Å². The topological polar surface area (TPSA) is 49.8 Å². The summed E-state index contributed by atoms with van der Waals surface area (Å²) in [6, 6.07) is 6.95. The first kappa shape index (κ1) is 13.8. The first-order valence-electron chi connectivity index (χ1n) is 7.31. The molecule has 110 valence electrons. The predicted octanol–water partition coefficient (Wildman–Crippen LogP) is 3.98. The van der Waals surface area contributed by atoms with Crippen LogP contribution in [0.1, 0.15) is 37.1 Å². The van der Waals surface area contributed by atoms with Crippen LogP contribution in [0.4, 0.5) is 21.7 Å². The third-order valence-corrected chi connectivity index (χ3v) is 3.49. The van der Waals surface area contributed by atoms with Crippen molar-refractivity contribution in [2.45, 2.75) is 32.6 Å². The highest BCUT2D eigenvalue weighted by Crippen LogP contribution is 2.39. The Morgan fingerprint density at radius 1 is 1.19 bits per heavy atom. The van der Waals surface area contributed by atoms with Crippen molar-refractivity contribution < 1.29 is 4.39 Å². The van der Waals surface area contributed by atoms with E-state index in [0.29, 0.717) is 23.0 Å². The number of anilines is 3. The summed E-state index contributed by atoms with van der Waals surface area (Å²) in [7, 11) is 0. The second kappa shape index (κ2) is 5.68. The van der Waals surface area contributed by atoms with E-state index in [1.54, 1.807) is 13.0 Å². The summed E-state index contributed by atoms with van der Waals surface area (Å²) in [6.07, 6.45) is 2.29. The van der Waals surface area contributed by atoms with Crippen molar-refractivity contribution in [2.24, 2.45) is 0 Å². The van der Waals surface area contributed by atoms with Crippen molar-refractivity contribution in [3.05, 3.63) is 41.5 Å². The van der Waals surface area contributed by atoms with E-state index in [-0.39, 0.29) is 5.82 Å². The van der Waals surface area contributed by atoms with Gasteiger partial charge in [0.2, 0.25) is 0 Å². The number of hydrogen-bond donors (Lipinski definition) is 2. The first-order chi connectivity index (χ1) is 10.2. The van der Waals surface area contributed by atoms with Crippen LogP contribution in [0.3, 0.4) is 0 Å². The van der Waals surface area contributed by atoms with Crippen molar-refractivity contribution >= 4 is 17.3 Å². The van der Waals surface area contributed by atoms with Crippen molar-refractivity contribution in [3.63, 3.8) is 0 Å². The second-order valence-electron chi connectivity index (χ2n) is 5.39. The number of halogens is 1. The van der Waals surface area contributed by atoms with Crippen LogP contribution in [-0.4, -0.2) is 16.5 Å². The summed E-state index contributed by atoms with van der Waals surface area (Å²) in [5, 5.41) is 6.37. The van der Waals surface area contributed by atoms with Crippen LogP contribution in [0.25, 0.3) is 0 Å². The highest BCUT2D eigenvalue weighted by atomic mass is 19.1. The Labute approximate surface area is 123 Å². The number of nitrogens with zero attached hydrogens (tertiary/aromatic N) is 2. The second-order valence-corrected chi connectivity index (χ2v) is 5.39. The average Bonchev–Trinajstić information content (AvgIpc) is 3.28. The molecule has 0 unspecified atom stereocenters. The molecular formula is C16H19FN4. The summed E-state index contributed by atoms with van der Waals surface area (Å²) in [4.78, 5) is 9.06. The van der Waals surface area contributed by atoms with E-state index in [2.05, 4.69) is 20.6 Å². The zero-order valence-electron chi connectivity index (χ0n) is 12.3.